The zero-order valence-corrected chi connectivity index (χ0v) is 11.8. The summed E-state index contributed by atoms with van der Waals surface area (Å²) in [5.41, 5.74) is 5.68. The molecule has 0 aromatic heterocycles. The molecular weight excluding hydrogens is 232 g/mol. The number of methoxy groups -OCH3 is 1. The molecule has 1 saturated carbocycles. The third kappa shape index (κ3) is 2.66. The van der Waals surface area contributed by atoms with Crippen LogP contribution in [-0.4, -0.2) is 31.1 Å². The largest absolute Gasteiger partial charge is 0.467 e. The lowest BCUT2D eigenvalue weighted by Crippen LogP contribution is -2.61. The maximum absolute atomic E-state index is 12.1. The summed E-state index contributed by atoms with van der Waals surface area (Å²) in [6.45, 7) is 7.71. The molecule has 0 radical (unpaired) electrons. The van der Waals surface area contributed by atoms with Gasteiger partial charge in [-0.2, -0.15) is 0 Å². The van der Waals surface area contributed by atoms with Crippen molar-refractivity contribution in [2.24, 2.45) is 23.0 Å². The Morgan fingerprint density at radius 3 is 2.28 bits per heavy atom. The predicted octanol–water partition coefficient (Wildman–Crippen LogP) is 0.674. The van der Waals surface area contributed by atoms with Gasteiger partial charge in [-0.05, 0) is 17.8 Å². The number of rotatable bonds is 4. The molecule has 1 rings (SSSR count). The Bertz CT molecular complexity index is 339. The molecule has 5 nitrogen and oxygen atoms in total. The van der Waals surface area contributed by atoms with E-state index in [0.29, 0.717) is 6.42 Å². The molecule has 0 aromatic carbocycles. The van der Waals surface area contributed by atoms with Crippen molar-refractivity contribution in [2.75, 3.05) is 7.11 Å². The number of nitrogens with two attached hydrogens (primary N) is 1. The Kier molecular flexibility index (Phi) is 4.37. The van der Waals surface area contributed by atoms with Crippen LogP contribution in [0.25, 0.3) is 0 Å². The summed E-state index contributed by atoms with van der Waals surface area (Å²) in [4.78, 5) is 23.7. The fourth-order valence-corrected chi connectivity index (χ4v) is 2.28. The second-order valence-corrected chi connectivity index (χ2v) is 5.97. The molecule has 0 unspecified atom stereocenters. The van der Waals surface area contributed by atoms with Crippen molar-refractivity contribution >= 4 is 11.9 Å². The molecule has 0 aliphatic heterocycles. The van der Waals surface area contributed by atoms with Gasteiger partial charge in [-0.3, -0.25) is 4.79 Å². The third-order valence-corrected chi connectivity index (χ3v) is 4.08. The smallest absolute Gasteiger partial charge is 0.328 e. The van der Waals surface area contributed by atoms with Gasteiger partial charge < -0.3 is 15.8 Å². The van der Waals surface area contributed by atoms with Gasteiger partial charge in [0.2, 0.25) is 5.91 Å². The summed E-state index contributed by atoms with van der Waals surface area (Å²) in [7, 11) is 1.33. The molecule has 5 heteroatoms. The molecule has 104 valence electrons. The molecular formula is C13H24N2O3. The van der Waals surface area contributed by atoms with Gasteiger partial charge in [0.1, 0.15) is 6.04 Å². The lowest BCUT2D eigenvalue weighted by atomic mass is 9.58. The number of carbonyl (C=O) groups excluding carboxylic acids is 2. The van der Waals surface area contributed by atoms with Crippen LogP contribution in [0.3, 0.4) is 0 Å². The van der Waals surface area contributed by atoms with Crippen molar-refractivity contribution in [3.8, 4) is 0 Å². The van der Waals surface area contributed by atoms with Crippen molar-refractivity contribution in [1.29, 1.82) is 0 Å². The van der Waals surface area contributed by atoms with E-state index in [1.54, 1.807) is 0 Å². The van der Waals surface area contributed by atoms with Crippen molar-refractivity contribution < 1.29 is 14.3 Å². The summed E-state index contributed by atoms with van der Waals surface area (Å²) in [5.74, 6) is -0.637. The Balaban J connectivity index is 2.66. The zero-order valence-electron chi connectivity index (χ0n) is 11.8. The summed E-state index contributed by atoms with van der Waals surface area (Å²) < 4.78 is 4.70. The fourth-order valence-electron chi connectivity index (χ4n) is 2.28. The van der Waals surface area contributed by atoms with Crippen LogP contribution in [0, 0.1) is 17.3 Å². The zero-order chi connectivity index (χ0) is 14.1. The van der Waals surface area contributed by atoms with E-state index < -0.39 is 12.0 Å². The first-order valence-electron chi connectivity index (χ1n) is 6.35. The quantitative estimate of drug-likeness (QED) is 0.724. The van der Waals surface area contributed by atoms with Crippen LogP contribution in [0.15, 0.2) is 0 Å². The molecule has 1 aliphatic carbocycles. The maximum Gasteiger partial charge on any atom is 0.328 e. The van der Waals surface area contributed by atoms with Gasteiger partial charge in [-0.1, -0.05) is 27.7 Å². The lowest BCUT2D eigenvalue weighted by Gasteiger charge is -2.49. The topological polar surface area (TPSA) is 81.4 Å². The predicted molar refractivity (Wildman–Crippen MR) is 68.6 cm³/mol. The summed E-state index contributed by atoms with van der Waals surface area (Å²) in [6.07, 6.45) is 0.671. The van der Waals surface area contributed by atoms with E-state index in [4.69, 9.17) is 10.5 Å². The van der Waals surface area contributed by atoms with Crippen LogP contribution in [0.4, 0.5) is 0 Å². The van der Waals surface area contributed by atoms with E-state index in [-0.39, 0.29) is 29.2 Å². The third-order valence-electron chi connectivity index (χ3n) is 4.08. The highest BCUT2D eigenvalue weighted by molar-refractivity contribution is 5.87. The minimum Gasteiger partial charge on any atom is -0.467 e. The number of nitrogens with one attached hydrogen (secondary N) is 1. The number of ether oxygens (including phenoxy) is 1. The molecule has 0 aromatic rings. The highest BCUT2D eigenvalue weighted by Gasteiger charge is 2.50. The molecule has 0 heterocycles. The number of esters is 1. The van der Waals surface area contributed by atoms with E-state index in [2.05, 4.69) is 5.32 Å². The molecule has 3 atom stereocenters. The molecule has 18 heavy (non-hydrogen) atoms. The van der Waals surface area contributed by atoms with E-state index >= 15 is 0 Å². The van der Waals surface area contributed by atoms with E-state index in [1.807, 2.05) is 27.7 Å². The molecule has 0 saturated heterocycles. The molecule has 1 aliphatic rings. The van der Waals surface area contributed by atoms with Crippen LogP contribution in [0.1, 0.15) is 34.1 Å². The Hall–Kier alpha value is -1.10. The number of hydrogen-bond acceptors (Lipinski definition) is 4. The minimum atomic E-state index is -0.588. The lowest BCUT2D eigenvalue weighted by molar-refractivity contribution is -0.149. The van der Waals surface area contributed by atoms with Crippen molar-refractivity contribution in [3.05, 3.63) is 0 Å². The molecule has 1 amide bonds. The fraction of sp³-hybridized carbons (Fsp3) is 0.846. The van der Waals surface area contributed by atoms with Gasteiger partial charge in [0.05, 0.1) is 7.11 Å². The SMILES string of the molecule is COC(=O)[C@@H](NC(=O)[C@H]1C[C@@H](N)C1(C)C)C(C)C. The standard InChI is InChI=1S/C13H24N2O3/c1-7(2)10(12(17)18-5)15-11(16)8-6-9(14)13(8,3)4/h7-10H,6,14H2,1-5H3,(H,15,16)/t8-,9-,10+/m1/s1. The van der Waals surface area contributed by atoms with Crippen LogP contribution < -0.4 is 11.1 Å². The average molecular weight is 256 g/mol. The van der Waals surface area contributed by atoms with Gasteiger partial charge in [0.15, 0.2) is 0 Å². The van der Waals surface area contributed by atoms with Gasteiger partial charge in [0.25, 0.3) is 0 Å². The van der Waals surface area contributed by atoms with Crippen LogP contribution in [-0.2, 0) is 14.3 Å². The second-order valence-electron chi connectivity index (χ2n) is 5.97. The van der Waals surface area contributed by atoms with E-state index in [1.165, 1.54) is 7.11 Å². The maximum atomic E-state index is 12.1. The number of hydrogen-bond donors (Lipinski definition) is 2. The monoisotopic (exact) mass is 256 g/mol. The van der Waals surface area contributed by atoms with Crippen molar-refractivity contribution in [3.63, 3.8) is 0 Å². The van der Waals surface area contributed by atoms with Gasteiger partial charge in [-0.25, -0.2) is 4.79 Å². The normalized spacial score (nSPS) is 27.3. The van der Waals surface area contributed by atoms with Crippen molar-refractivity contribution in [2.45, 2.75) is 46.2 Å². The average Bonchev–Trinajstić information content (AvgIpc) is 2.31. The van der Waals surface area contributed by atoms with Crippen molar-refractivity contribution in [1.82, 2.24) is 5.32 Å². The Morgan fingerprint density at radius 2 is 1.94 bits per heavy atom. The molecule has 1 fully saturated rings. The van der Waals surface area contributed by atoms with Gasteiger partial charge in [0, 0.05) is 12.0 Å². The van der Waals surface area contributed by atoms with Crippen LogP contribution >= 0.6 is 0 Å². The van der Waals surface area contributed by atoms with Gasteiger partial charge in [-0.15, -0.1) is 0 Å². The first-order chi connectivity index (χ1) is 8.21. The first kappa shape index (κ1) is 15.0. The highest BCUT2D eigenvalue weighted by Crippen LogP contribution is 2.45. The van der Waals surface area contributed by atoms with Gasteiger partial charge >= 0.3 is 5.97 Å². The summed E-state index contributed by atoms with van der Waals surface area (Å²) in [6, 6.07) is -0.543. The van der Waals surface area contributed by atoms with Crippen LogP contribution in [0.5, 0.6) is 0 Å². The Morgan fingerprint density at radius 1 is 1.39 bits per heavy atom. The summed E-state index contributed by atoms with van der Waals surface area (Å²) in [5, 5.41) is 2.78. The second kappa shape index (κ2) is 5.26. The minimum absolute atomic E-state index is 0.00161. The number of amides is 1. The number of carbonyl (C=O) groups is 2. The summed E-state index contributed by atoms with van der Waals surface area (Å²) >= 11 is 0. The molecule has 0 spiro atoms. The molecule has 0 bridgehead atoms. The Labute approximate surface area is 108 Å². The molecule has 3 N–H and O–H groups in total. The van der Waals surface area contributed by atoms with Crippen LogP contribution in [0.2, 0.25) is 0 Å². The van der Waals surface area contributed by atoms with E-state index in [9.17, 15) is 9.59 Å². The first-order valence-corrected chi connectivity index (χ1v) is 6.35. The van der Waals surface area contributed by atoms with E-state index in [0.717, 1.165) is 0 Å². The highest BCUT2D eigenvalue weighted by atomic mass is 16.5.